The molecule has 0 aliphatic carbocycles. The van der Waals surface area contributed by atoms with Crippen molar-refractivity contribution in [2.45, 2.75) is 64.1 Å². The van der Waals surface area contributed by atoms with Crippen molar-refractivity contribution in [2.24, 2.45) is 0 Å². The van der Waals surface area contributed by atoms with Gasteiger partial charge < -0.3 is 15.0 Å². The number of benzene rings is 3. The van der Waals surface area contributed by atoms with Gasteiger partial charge in [0.15, 0.2) is 0 Å². The Morgan fingerprint density at radius 3 is 2.12 bits per heavy atom. The standard InChI is InChI=1S/C31H39N3O5S/c1-6-23(3)32-31(36)24(4)33(21-25-17-19-27(39-5)20-18-25)30(35)22-34(29-16-12-11-13-26(29)7-2)40(37,38)28-14-9-8-10-15-28/h8-20,23-24H,6-7,21-22H2,1-5H3,(H,32,36). The minimum atomic E-state index is -4.10. The van der Waals surface area contributed by atoms with Crippen molar-refractivity contribution < 1.29 is 22.7 Å². The number of methoxy groups -OCH3 is 1. The first-order chi connectivity index (χ1) is 19.1. The van der Waals surface area contributed by atoms with E-state index < -0.39 is 28.5 Å². The summed E-state index contributed by atoms with van der Waals surface area (Å²) in [7, 11) is -2.53. The second kappa shape index (κ2) is 14.0. The fraction of sp³-hybridized carbons (Fsp3) is 0.355. The molecule has 0 bridgehead atoms. The summed E-state index contributed by atoms with van der Waals surface area (Å²) in [6, 6.07) is 21.5. The van der Waals surface area contributed by atoms with Crippen LogP contribution >= 0.6 is 0 Å². The van der Waals surface area contributed by atoms with Gasteiger partial charge in [0.25, 0.3) is 10.0 Å². The highest BCUT2D eigenvalue weighted by Crippen LogP contribution is 2.28. The molecular weight excluding hydrogens is 526 g/mol. The maximum atomic E-state index is 14.0. The number of ether oxygens (including phenoxy) is 1. The minimum absolute atomic E-state index is 0.0701. The molecule has 0 heterocycles. The molecule has 2 atom stereocenters. The Balaban J connectivity index is 2.04. The topological polar surface area (TPSA) is 96.0 Å². The SMILES string of the molecule is CCc1ccccc1N(CC(=O)N(Cc1ccc(OC)cc1)C(C)C(=O)NC(C)CC)S(=O)(=O)c1ccccc1. The zero-order valence-electron chi connectivity index (χ0n) is 23.8. The third-order valence-corrected chi connectivity index (χ3v) is 8.71. The van der Waals surface area contributed by atoms with Gasteiger partial charge in [0.05, 0.1) is 17.7 Å². The average molecular weight is 566 g/mol. The molecule has 0 radical (unpaired) electrons. The molecule has 0 fully saturated rings. The molecule has 0 spiro atoms. The molecule has 2 unspecified atom stereocenters. The molecule has 3 aromatic rings. The van der Waals surface area contributed by atoms with Crippen molar-refractivity contribution in [3.63, 3.8) is 0 Å². The van der Waals surface area contributed by atoms with Crippen LogP contribution < -0.4 is 14.4 Å². The van der Waals surface area contributed by atoms with Crippen LogP contribution in [0.4, 0.5) is 5.69 Å². The van der Waals surface area contributed by atoms with Crippen molar-refractivity contribution in [1.82, 2.24) is 10.2 Å². The lowest BCUT2D eigenvalue weighted by Crippen LogP contribution is -2.52. The van der Waals surface area contributed by atoms with E-state index in [4.69, 9.17) is 4.74 Å². The molecule has 8 nitrogen and oxygen atoms in total. The number of nitrogens with one attached hydrogen (secondary N) is 1. The fourth-order valence-electron chi connectivity index (χ4n) is 4.26. The Bertz CT molecular complexity index is 1380. The summed E-state index contributed by atoms with van der Waals surface area (Å²) < 4.78 is 34.3. The number of hydrogen-bond donors (Lipinski definition) is 1. The van der Waals surface area contributed by atoms with Gasteiger partial charge in [-0.25, -0.2) is 8.42 Å². The zero-order valence-corrected chi connectivity index (χ0v) is 24.6. The summed E-state index contributed by atoms with van der Waals surface area (Å²) in [6.07, 6.45) is 1.32. The van der Waals surface area contributed by atoms with Crippen molar-refractivity contribution in [3.05, 3.63) is 90.0 Å². The lowest BCUT2D eigenvalue weighted by Gasteiger charge is -2.33. The maximum Gasteiger partial charge on any atom is 0.264 e. The molecule has 214 valence electrons. The maximum absolute atomic E-state index is 14.0. The third-order valence-electron chi connectivity index (χ3n) is 6.93. The average Bonchev–Trinajstić information content (AvgIpc) is 2.98. The summed E-state index contributed by atoms with van der Waals surface area (Å²) in [5.74, 6) is -0.129. The third kappa shape index (κ3) is 7.41. The van der Waals surface area contributed by atoms with Gasteiger partial charge in [-0.1, -0.05) is 62.4 Å². The molecule has 9 heteroatoms. The highest BCUT2D eigenvalue weighted by atomic mass is 32.2. The number of aryl methyl sites for hydroxylation is 1. The van der Waals surface area contributed by atoms with Crippen molar-refractivity contribution in [1.29, 1.82) is 0 Å². The Hall–Kier alpha value is -3.85. The van der Waals surface area contributed by atoms with Crippen LogP contribution in [0.3, 0.4) is 0 Å². The molecule has 40 heavy (non-hydrogen) atoms. The Morgan fingerprint density at radius 1 is 0.900 bits per heavy atom. The number of nitrogens with zero attached hydrogens (tertiary/aromatic N) is 2. The van der Waals surface area contributed by atoms with Crippen molar-refractivity contribution in [3.8, 4) is 5.75 Å². The quantitative estimate of drug-likeness (QED) is 0.322. The lowest BCUT2D eigenvalue weighted by atomic mass is 10.1. The van der Waals surface area contributed by atoms with Gasteiger partial charge in [-0.15, -0.1) is 0 Å². The summed E-state index contributed by atoms with van der Waals surface area (Å²) >= 11 is 0. The smallest absolute Gasteiger partial charge is 0.264 e. The number of hydrogen-bond acceptors (Lipinski definition) is 5. The van der Waals surface area contributed by atoms with Crippen LogP contribution in [0.5, 0.6) is 5.75 Å². The van der Waals surface area contributed by atoms with E-state index >= 15 is 0 Å². The van der Waals surface area contributed by atoms with Crippen molar-refractivity contribution >= 4 is 27.5 Å². The molecule has 3 rings (SSSR count). The number of para-hydroxylation sites is 1. The van der Waals surface area contributed by atoms with Crippen LogP contribution in [-0.2, 0) is 32.6 Å². The Kier molecular flexibility index (Phi) is 10.7. The van der Waals surface area contributed by atoms with Crippen LogP contribution in [0, 0.1) is 0 Å². The van der Waals surface area contributed by atoms with Gasteiger partial charge in [0, 0.05) is 12.6 Å². The number of sulfonamides is 1. The van der Waals surface area contributed by atoms with Crippen LogP contribution in [0.2, 0.25) is 0 Å². The first-order valence-corrected chi connectivity index (χ1v) is 14.9. The highest BCUT2D eigenvalue weighted by molar-refractivity contribution is 7.92. The second-order valence-electron chi connectivity index (χ2n) is 9.67. The van der Waals surface area contributed by atoms with Crippen LogP contribution in [0.25, 0.3) is 0 Å². The summed E-state index contributed by atoms with van der Waals surface area (Å²) in [5.41, 5.74) is 2.01. The lowest BCUT2D eigenvalue weighted by molar-refractivity contribution is -0.139. The van der Waals surface area contributed by atoms with Gasteiger partial charge in [-0.3, -0.25) is 13.9 Å². The largest absolute Gasteiger partial charge is 0.497 e. The van der Waals surface area contributed by atoms with Crippen LogP contribution in [-0.4, -0.2) is 50.9 Å². The Labute approximate surface area is 238 Å². The molecular formula is C31H39N3O5S. The van der Waals surface area contributed by atoms with E-state index in [-0.39, 0.29) is 23.4 Å². The van der Waals surface area contributed by atoms with Crippen LogP contribution in [0.1, 0.15) is 45.2 Å². The summed E-state index contributed by atoms with van der Waals surface area (Å²) in [4.78, 5) is 28.7. The number of rotatable bonds is 13. The van der Waals surface area contributed by atoms with E-state index in [9.17, 15) is 18.0 Å². The molecule has 0 aliphatic heterocycles. The summed E-state index contributed by atoms with van der Waals surface area (Å²) in [6.45, 7) is 7.11. The van der Waals surface area contributed by atoms with E-state index in [1.807, 2.05) is 45.0 Å². The monoisotopic (exact) mass is 565 g/mol. The predicted molar refractivity (Wildman–Crippen MR) is 158 cm³/mol. The number of carbonyl (C=O) groups excluding carboxylic acids is 2. The van der Waals surface area contributed by atoms with E-state index in [0.717, 1.165) is 21.9 Å². The van der Waals surface area contributed by atoms with E-state index in [0.29, 0.717) is 17.9 Å². The van der Waals surface area contributed by atoms with E-state index in [1.165, 1.54) is 17.0 Å². The van der Waals surface area contributed by atoms with Crippen molar-refractivity contribution in [2.75, 3.05) is 18.0 Å². The first kappa shape index (κ1) is 30.7. The van der Waals surface area contributed by atoms with Crippen LogP contribution in [0.15, 0.2) is 83.8 Å². The van der Waals surface area contributed by atoms with Gasteiger partial charge in [-0.05, 0) is 68.1 Å². The highest BCUT2D eigenvalue weighted by Gasteiger charge is 2.33. The Morgan fingerprint density at radius 2 is 1.52 bits per heavy atom. The van der Waals surface area contributed by atoms with Gasteiger partial charge >= 0.3 is 0 Å². The molecule has 3 aromatic carbocycles. The minimum Gasteiger partial charge on any atom is -0.497 e. The number of amides is 2. The molecule has 0 aromatic heterocycles. The van der Waals surface area contributed by atoms with Gasteiger partial charge in [-0.2, -0.15) is 0 Å². The molecule has 1 N–H and O–H groups in total. The first-order valence-electron chi connectivity index (χ1n) is 13.5. The molecule has 0 aliphatic rings. The predicted octanol–water partition coefficient (Wildman–Crippen LogP) is 4.78. The van der Waals surface area contributed by atoms with Gasteiger partial charge in [0.2, 0.25) is 11.8 Å². The van der Waals surface area contributed by atoms with Gasteiger partial charge in [0.1, 0.15) is 18.3 Å². The molecule has 0 saturated heterocycles. The van der Waals surface area contributed by atoms with E-state index in [1.54, 1.807) is 56.5 Å². The molecule has 0 saturated carbocycles. The second-order valence-corrected chi connectivity index (χ2v) is 11.5. The zero-order chi connectivity index (χ0) is 29.3. The molecule has 2 amide bonds. The summed E-state index contributed by atoms with van der Waals surface area (Å²) in [5, 5.41) is 2.94. The van der Waals surface area contributed by atoms with E-state index in [2.05, 4.69) is 5.32 Å². The normalized spacial score (nSPS) is 12.7. The number of carbonyl (C=O) groups is 2. The fourth-order valence-corrected chi connectivity index (χ4v) is 5.73. The number of anilines is 1.